The molecule has 0 bridgehead atoms. The van der Waals surface area contributed by atoms with Gasteiger partial charge in [-0.15, -0.1) is 0 Å². The number of anilines is 1. The molecule has 1 saturated carbocycles. The van der Waals surface area contributed by atoms with Crippen LogP contribution in [0, 0.1) is 11.3 Å². The zero-order valence-electron chi connectivity index (χ0n) is 14.5. The summed E-state index contributed by atoms with van der Waals surface area (Å²) in [6.45, 7) is 4.56. The maximum absolute atomic E-state index is 13.3. The van der Waals surface area contributed by atoms with Crippen molar-refractivity contribution in [3.63, 3.8) is 0 Å². The van der Waals surface area contributed by atoms with E-state index in [1.807, 2.05) is 28.0 Å². The number of para-hydroxylation sites is 1. The van der Waals surface area contributed by atoms with Gasteiger partial charge in [0.15, 0.2) is 0 Å². The Morgan fingerprint density at radius 2 is 1.88 bits per heavy atom. The van der Waals surface area contributed by atoms with Crippen LogP contribution in [0.15, 0.2) is 24.3 Å². The Hall–Kier alpha value is -1.84. The van der Waals surface area contributed by atoms with Crippen molar-refractivity contribution in [1.82, 2.24) is 4.90 Å². The summed E-state index contributed by atoms with van der Waals surface area (Å²) >= 11 is 0. The second-order valence-corrected chi connectivity index (χ2v) is 7.77. The number of hydrogen-bond acceptors (Lipinski definition) is 2. The summed E-state index contributed by atoms with van der Waals surface area (Å²) in [5.74, 6) is 0.671. The number of nitrogens with zero attached hydrogens (tertiary/aromatic N) is 2. The molecule has 4 heteroatoms. The highest BCUT2D eigenvalue weighted by Crippen LogP contribution is 2.50. The van der Waals surface area contributed by atoms with E-state index in [9.17, 15) is 9.59 Å². The Morgan fingerprint density at radius 3 is 2.62 bits per heavy atom. The maximum Gasteiger partial charge on any atom is 0.242 e. The third kappa shape index (κ3) is 2.52. The molecule has 0 spiro atoms. The molecule has 128 valence electrons. The molecule has 0 radical (unpaired) electrons. The fourth-order valence-electron chi connectivity index (χ4n) is 4.32. The standard InChI is InChI=1S/C20H26N2O2/c1-15-6-4-12-21(14-15)18(23)20(10-11-20)19(24)22-13-5-8-16-7-2-3-9-17(16)22/h2-3,7,9,15H,4-6,8,10-14H2,1H3. The van der Waals surface area contributed by atoms with Crippen LogP contribution < -0.4 is 4.90 Å². The van der Waals surface area contributed by atoms with Gasteiger partial charge in [-0.25, -0.2) is 0 Å². The summed E-state index contributed by atoms with van der Waals surface area (Å²) in [7, 11) is 0. The number of likely N-dealkylation sites (tertiary alicyclic amines) is 1. The molecule has 1 unspecified atom stereocenters. The smallest absolute Gasteiger partial charge is 0.242 e. The monoisotopic (exact) mass is 326 g/mol. The molecule has 2 fully saturated rings. The van der Waals surface area contributed by atoms with Crippen molar-refractivity contribution in [1.29, 1.82) is 0 Å². The highest BCUT2D eigenvalue weighted by molar-refractivity contribution is 6.14. The van der Waals surface area contributed by atoms with Gasteiger partial charge in [0.05, 0.1) is 0 Å². The minimum atomic E-state index is -0.762. The van der Waals surface area contributed by atoms with Crippen molar-refractivity contribution in [3.8, 4) is 0 Å². The van der Waals surface area contributed by atoms with Crippen molar-refractivity contribution in [2.24, 2.45) is 11.3 Å². The quantitative estimate of drug-likeness (QED) is 0.784. The van der Waals surface area contributed by atoms with E-state index in [2.05, 4.69) is 13.0 Å². The molecule has 3 aliphatic rings. The summed E-state index contributed by atoms with van der Waals surface area (Å²) in [4.78, 5) is 30.2. The fourth-order valence-corrected chi connectivity index (χ4v) is 4.32. The summed E-state index contributed by atoms with van der Waals surface area (Å²) in [5, 5.41) is 0. The number of carbonyl (C=O) groups is 2. The van der Waals surface area contributed by atoms with Crippen LogP contribution in [-0.4, -0.2) is 36.3 Å². The zero-order valence-corrected chi connectivity index (χ0v) is 14.5. The lowest BCUT2D eigenvalue weighted by Gasteiger charge is -2.36. The second-order valence-electron chi connectivity index (χ2n) is 7.77. The van der Waals surface area contributed by atoms with Gasteiger partial charge in [-0.2, -0.15) is 0 Å². The Balaban J connectivity index is 1.57. The zero-order chi connectivity index (χ0) is 16.7. The van der Waals surface area contributed by atoms with Crippen LogP contribution in [0.4, 0.5) is 5.69 Å². The molecule has 1 saturated heterocycles. The molecule has 24 heavy (non-hydrogen) atoms. The third-order valence-corrected chi connectivity index (χ3v) is 5.87. The van der Waals surface area contributed by atoms with E-state index in [1.165, 1.54) is 12.0 Å². The van der Waals surface area contributed by atoms with Crippen LogP contribution in [0.5, 0.6) is 0 Å². The minimum absolute atomic E-state index is 0.0397. The second kappa shape index (κ2) is 5.91. The minimum Gasteiger partial charge on any atom is -0.342 e. The Morgan fingerprint density at radius 1 is 1.08 bits per heavy atom. The maximum atomic E-state index is 13.3. The first-order valence-corrected chi connectivity index (χ1v) is 9.31. The number of benzene rings is 1. The average molecular weight is 326 g/mol. The molecule has 1 atom stereocenters. The fraction of sp³-hybridized carbons (Fsp3) is 0.600. The summed E-state index contributed by atoms with van der Waals surface area (Å²) in [6, 6.07) is 8.14. The first-order valence-electron chi connectivity index (χ1n) is 9.31. The molecule has 0 N–H and O–H groups in total. The van der Waals surface area contributed by atoms with E-state index in [-0.39, 0.29) is 11.8 Å². The van der Waals surface area contributed by atoms with Crippen LogP contribution in [0.3, 0.4) is 0 Å². The number of piperidine rings is 1. The van der Waals surface area contributed by atoms with E-state index in [0.29, 0.717) is 18.8 Å². The number of rotatable bonds is 2. The number of hydrogen-bond donors (Lipinski definition) is 0. The molecule has 1 aromatic rings. The van der Waals surface area contributed by atoms with Crippen LogP contribution in [0.2, 0.25) is 0 Å². The van der Waals surface area contributed by atoms with Gasteiger partial charge in [-0.1, -0.05) is 25.1 Å². The molecule has 0 aromatic heterocycles. The molecule has 2 amide bonds. The first kappa shape index (κ1) is 15.7. The molecule has 4 rings (SSSR count). The van der Waals surface area contributed by atoms with Gasteiger partial charge < -0.3 is 9.80 Å². The predicted molar refractivity (Wildman–Crippen MR) is 93.8 cm³/mol. The summed E-state index contributed by atoms with van der Waals surface area (Å²) < 4.78 is 0. The molecule has 2 heterocycles. The Labute approximate surface area is 143 Å². The van der Waals surface area contributed by atoms with Gasteiger partial charge in [0.2, 0.25) is 11.8 Å². The highest BCUT2D eigenvalue weighted by Gasteiger charge is 2.59. The van der Waals surface area contributed by atoms with Crippen molar-refractivity contribution in [3.05, 3.63) is 29.8 Å². The van der Waals surface area contributed by atoms with Gasteiger partial charge in [0, 0.05) is 25.3 Å². The molecule has 2 aliphatic heterocycles. The molecule has 1 aromatic carbocycles. The van der Waals surface area contributed by atoms with E-state index in [4.69, 9.17) is 0 Å². The average Bonchev–Trinajstić information content (AvgIpc) is 3.42. The predicted octanol–water partition coefficient (Wildman–Crippen LogP) is 3.00. The Bertz CT molecular complexity index is 665. The summed E-state index contributed by atoms with van der Waals surface area (Å²) in [5.41, 5.74) is 1.48. The number of amides is 2. The van der Waals surface area contributed by atoms with E-state index >= 15 is 0 Å². The van der Waals surface area contributed by atoms with E-state index in [1.54, 1.807) is 0 Å². The SMILES string of the molecule is CC1CCCN(C(=O)C2(C(=O)N3CCCc4ccccc43)CC2)C1. The van der Waals surface area contributed by atoms with Crippen LogP contribution in [0.25, 0.3) is 0 Å². The van der Waals surface area contributed by atoms with Crippen molar-refractivity contribution in [2.45, 2.75) is 45.4 Å². The summed E-state index contributed by atoms with van der Waals surface area (Å²) in [6.07, 6.45) is 5.68. The molecule has 1 aliphatic carbocycles. The van der Waals surface area contributed by atoms with Crippen LogP contribution in [0.1, 0.15) is 44.6 Å². The lowest BCUT2D eigenvalue weighted by atomic mass is 9.94. The molecule has 4 nitrogen and oxygen atoms in total. The van der Waals surface area contributed by atoms with Crippen molar-refractivity contribution >= 4 is 17.5 Å². The molecular formula is C20H26N2O2. The highest BCUT2D eigenvalue weighted by atomic mass is 16.2. The van der Waals surface area contributed by atoms with Gasteiger partial charge in [0.1, 0.15) is 5.41 Å². The van der Waals surface area contributed by atoms with Crippen molar-refractivity contribution < 1.29 is 9.59 Å². The molecular weight excluding hydrogens is 300 g/mol. The lowest BCUT2D eigenvalue weighted by molar-refractivity contribution is -0.144. The topological polar surface area (TPSA) is 40.6 Å². The lowest BCUT2D eigenvalue weighted by Crippen LogP contribution is -2.50. The largest absolute Gasteiger partial charge is 0.342 e. The van der Waals surface area contributed by atoms with E-state index in [0.717, 1.165) is 44.6 Å². The van der Waals surface area contributed by atoms with Gasteiger partial charge >= 0.3 is 0 Å². The first-order chi connectivity index (χ1) is 11.6. The Kier molecular flexibility index (Phi) is 3.86. The number of fused-ring (bicyclic) bond motifs is 1. The normalized spacial score (nSPS) is 25.1. The van der Waals surface area contributed by atoms with E-state index < -0.39 is 5.41 Å². The van der Waals surface area contributed by atoms with Gasteiger partial charge in [-0.05, 0) is 56.1 Å². The van der Waals surface area contributed by atoms with Crippen LogP contribution in [-0.2, 0) is 16.0 Å². The third-order valence-electron chi connectivity index (χ3n) is 5.87. The van der Waals surface area contributed by atoms with Crippen molar-refractivity contribution in [2.75, 3.05) is 24.5 Å². The van der Waals surface area contributed by atoms with Gasteiger partial charge in [0.25, 0.3) is 0 Å². The van der Waals surface area contributed by atoms with Crippen LogP contribution >= 0.6 is 0 Å². The number of carbonyl (C=O) groups excluding carboxylic acids is 2. The van der Waals surface area contributed by atoms with Gasteiger partial charge in [-0.3, -0.25) is 9.59 Å². The number of aryl methyl sites for hydroxylation is 1.